The molecule has 4 bridgehead atoms. The number of carbonyl (C=O) groups is 2. The Morgan fingerprint density at radius 2 is 1.71 bits per heavy atom. The Kier molecular flexibility index (Phi) is 4.50. The third kappa shape index (κ3) is 3.48. The number of benzene rings is 1. The molecule has 28 heavy (non-hydrogen) atoms. The van der Waals surface area contributed by atoms with E-state index in [2.05, 4.69) is 20.6 Å². The third-order valence-electron chi connectivity index (χ3n) is 6.52. The number of urea groups is 1. The molecule has 4 fully saturated rings. The van der Waals surface area contributed by atoms with Crippen molar-refractivity contribution < 1.29 is 9.59 Å². The number of thioether (sulfide) groups is 1. The minimum Gasteiger partial charge on any atom is -0.332 e. The first kappa shape index (κ1) is 17.9. The van der Waals surface area contributed by atoms with Crippen molar-refractivity contribution in [2.45, 2.75) is 49.1 Å². The summed E-state index contributed by atoms with van der Waals surface area (Å²) in [5, 5.41) is 7.37. The molecule has 0 radical (unpaired) electrons. The first-order valence-corrected chi connectivity index (χ1v) is 11.0. The van der Waals surface area contributed by atoms with Crippen LogP contribution in [-0.4, -0.2) is 33.2 Å². The van der Waals surface area contributed by atoms with E-state index >= 15 is 0 Å². The smallest absolute Gasteiger partial charge is 0.321 e. The number of hydrogen-bond donors (Lipinski definition) is 2. The molecule has 2 aromatic rings. The summed E-state index contributed by atoms with van der Waals surface area (Å²) in [7, 11) is 0. The quantitative estimate of drug-likeness (QED) is 0.610. The Hall–Kier alpha value is -2.15. The van der Waals surface area contributed by atoms with Crippen molar-refractivity contribution in [3.05, 3.63) is 30.6 Å². The van der Waals surface area contributed by atoms with Crippen molar-refractivity contribution in [1.82, 2.24) is 20.6 Å². The number of para-hydroxylation sites is 1. The highest BCUT2D eigenvalue weighted by Gasteiger charge is 2.51. The number of nitrogens with one attached hydrogen (secondary N) is 2. The number of aromatic nitrogens is 2. The first-order chi connectivity index (χ1) is 13.6. The molecule has 6 nitrogen and oxygen atoms in total. The van der Waals surface area contributed by atoms with Crippen LogP contribution in [0.1, 0.15) is 38.5 Å². The fourth-order valence-corrected chi connectivity index (χ4v) is 6.72. The van der Waals surface area contributed by atoms with Gasteiger partial charge in [0.1, 0.15) is 11.4 Å². The lowest BCUT2D eigenvalue weighted by Gasteiger charge is -2.56. The molecule has 3 amide bonds. The van der Waals surface area contributed by atoms with Crippen molar-refractivity contribution in [2.75, 3.05) is 5.75 Å². The van der Waals surface area contributed by atoms with Gasteiger partial charge < -0.3 is 5.32 Å². The number of nitrogens with zero attached hydrogens (tertiary/aromatic N) is 2. The van der Waals surface area contributed by atoms with Gasteiger partial charge in [-0.1, -0.05) is 30.0 Å². The van der Waals surface area contributed by atoms with Gasteiger partial charge in [-0.2, -0.15) is 0 Å². The number of amides is 3. The number of rotatable bonds is 4. The highest BCUT2D eigenvalue weighted by atomic mass is 32.2. The summed E-state index contributed by atoms with van der Waals surface area (Å²) in [5.74, 6) is 2.11. The monoisotopic (exact) mass is 396 g/mol. The van der Waals surface area contributed by atoms with Gasteiger partial charge in [-0.05, 0) is 62.3 Å². The van der Waals surface area contributed by atoms with Crippen LogP contribution in [0.25, 0.3) is 10.9 Å². The van der Waals surface area contributed by atoms with Crippen LogP contribution in [0.15, 0.2) is 35.6 Å². The van der Waals surface area contributed by atoms with Crippen LogP contribution >= 0.6 is 11.8 Å². The van der Waals surface area contributed by atoms with E-state index in [0.29, 0.717) is 0 Å². The Labute approximate surface area is 168 Å². The van der Waals surface area contributed by atoms with E-state index in [9.17, 15) is 9.59 Å². The molecule has 146 valence electrons. The van der Waals surface area contributed by atoms with Gasteiger partial charge in [-0.15, -0.1) is 0 Å². The molecule has 0 unspecified atom stereocenters. The number of fused-ring (bicyclic) bond motifs is 1. The summed E-state index contributed by atoms with van der Waals surface area (Å²) < 4.78 is 0. The van der Waals surface area contributed by atoms with Crippen LogP contribution in [0, 0.1) is 17.8 Å². The second-order valence-corrected chi connectivity index (χ2v) is 9.65. The van der Waals surface area contributed by atoms with Gasteiger partial charge in [0.05, 0.1) is 11.3 Å². The molecular formula is C21H24N4O2S. The molecule has 0 saturated heterocycles. The Morgan fingerprint density at radius 1 is 1.04 bits per heavy atom. The predicted molar refractivity (Wildman–Crippen MR) is 108 cm³/mol. The molecule has 0 aliphatic heterocycles. The van der Waals surface area contributed by atoms with Crippen molar-refractivity contribution in [3.63, 3.8) is 0 Å². The topological polar surface area (TPSA) is 84.0 Å². The first-order valence-electron chi connectivity index (χ1n) is 10.0. The molecule has 7 heteroatoms. The zero-order valence-corrected chi connectivity index (χ0v) is 16.5. The van der Waals surface area contributed by atoms with E-state index in [1.165, 1.54) is 37.4 Å². The number of carbonyl (C=O) groups excluding carboxylic acids is 2. The summed E-state index contributed by atoms with van der Waals surface area (Å²) in [6.07, 6.45) is 8.69. The van der Waals surface area contributed by atoms with Crippen LogP contribution in [-0.2, 0) is 4.79 Å². The molecule has 1 aromatic heterocycles. The van der Waals surface area contributed by atoms with Crippen LogP contribution in [0.5, 0.6) is 0 Å². The average molecular weight is 397 g/mol. The van der Waals surface area contributed by atoms with E-state index in [4.69, 9.17) is 0 Å². The second kappa shape index (κ2) is 7.03. The van der Waals surface area contributed by atoms with Crippen LogP contribution in [0.4, 0.5) is 4.79 Å². The Balaban J connectivity index is 1.18. The van der Waals surface area contributed by atoms with Crippen LogP contribution < -0.4 is 10.6 Å². The van der Waals surface area contributed by atoms with Gasteiger partial charge in [-0.25, -0.2) is 14.8 Å². The average Bonchev–Trinajstić information content (AvgIpc) is 2.64. The molecule has 6 rings (SSSR count). The van der Waals surface area contributed by atoms with Gasteiger partial charge in [0, 0.05) is 10.9 Å². The van der Waals surface area contributed by atoms with Gasteiger partial charge in [0.25, 0.3) is 0 Å². The summed E-state index contributed by atoms with van der Waals surface area (Å²) in [4.78, 5) is 33.3. The fourth-order valence-electron chi connectivity index (χ4n) is 5.93. The molecule has 1 aromatic carbocycles. The van der Waals surface area contributed by atoms with Crippen LogP contribution in [0.2, 0.25) is 0 Å². The summed E-state index contributed by atoms with van der Waals surface area (Å²) >= 11 is 1.33. The SMILES string of the molecule is O=C(CSc1ncnc2ccccc12)NC(=O)NC12CC3CC(CC(C3)C1)C2. The number of hydrogen-bond acceptors (Lipinski definition) is 5. The van der Waals surface area contributed by atoms with E-state index in [0.717, 1.165) is 52.9 Å². The van der Waals surface area contributed by atoms with E-state index in [1.54, 1.807) is 0 Å². The molecule has 4 saturated carbocycles. The van der Waals surface area contributed by atoms with Crippen molar-refractivity contribution >= 4 is 34.6 Å². The van der Waals surface area contributed by atoms with Gasteiger partial charge in [0.15, 0.2) is 0 Å². The molecule has 2 N–H and O–H groups in total. The van der Waals surface area contributed by atoms with E-state index in [-0.39, 0.29) is 23.2 Å². The van der Waals surface area contributed by atoms with E-state index < -0.39 is 0 Å². The highest BCUT2D eigenvalue weighted by molar-refractivity contribution is 8.00. The maximum atomic E-state index is 12.5. The third-order valence-corrected chi connectivity index (χ3v) is 7.52. The Morgan fingerprint density at radius 3 is 2.43 bits per heavy atom. The van der Waals surface area contributed by atoms with Crippen LogP contribution in [0.3, 0.4) is 0 Å². The summed E-state index contributed by atoms with van der Waals surface area (Å²) in [6, 6.07) is 7.36. The maximum absolute atomic E-state index is 12.5. The lowest BCUT2D eigenvalue weighted by molar-refractivity contribution is -0.117. The normalized spacial score (nSPS) is 30.4. The molecule has 0 atom stereocenters. The summed E-state index contributed by atoms with van der Waals surface area (Å²) in [5.41, 5.74) is 0.759. The minimum absolute atomic E-state index is 0.0882. The largest absolute Gasteiger partial charge is 0.332 e. The maximum Gasteiger partial charge on any atom is 0.321 e. The molecule has 0 spiro atoms. The van der Waals surface area contributed by atoms with Crippen molar-refractivity contribution in [2.24, 2.45) is 17.8 Å². The Bertz CT molecular complexity index is 891. The van der Waals surface area contributed by atoms with Crippen molar-refractivity contribution in [3.8, 4) is 0 Å². The zero-order valence-electron chi connectivity index (χ0n) is 15.7. The van der Waals surface area contributed by atoms with Gasteiger partial charge >= 0.3 is 6.03 Å². The lowest BCUT2D eigenvalue weighted by Crippen LogP contribution is -2.61. The number of imide groups is 1. The zero-order chi connectivity index (χ0) is 19.1. The molecular weight excluding hydrogens is 372 g/mol. The fraction of sp³-hybridized carbons (Fsp3) is 0.524. The molecule has 1 heterocycles. The summed E-state index contributed by atoms with van der Waals surface area (Å²) in [6.45, 7) is 0. The molecule has 4 aliphatic carbocycles. The van der Waals surface area contributed by atoms with Crippen molar-refractivity contribution in [1.29, 1.82) is 0 Å². The highest BCUT2D eigenvalue weighted by Crippen LogP contribution is 2.55. The van der Waals surface area contributed by atoms with E-state index in [1.807, 2.05) is 24.3 Å². The lowest BCUT2D eigenvalue weighted by atomic mass is 9.53. The minimum atomic E-state index is -0.347. The standard InChI is InChI=1S/C21H24N4O2S/c26-18(11-28-19-16-3-1-2-4-17(16)22-12-23-19)24-20(27)25-21-8-13-5-14(9-21)7-15(6-13)10-21/h1-4,12-15H,5-11H2,(H2,24,25,26,27). The molecule has 4 aliphatic rings. The second-order valence-electron chi connectivity index (χ2n) is 8.68. The van der Waals surface area contributed by atoms with Gasteiger partial charge in [-0.3, -0.25) is 10.1 Å². The predicted octanol–water partition coefficient (Wildman–Crippen LogP) is 3.52. The van der Waals surface area contributed by atoms with Gasteiger partial charge in [0.2, 0.25) is 5.91 Å².